The number of carbonyl (C=O) groups excluding carboxylic acids is 1. The Hall–Kier alpha value is -1.26. The average Bonchev–Trinajstić information content (AvgIpc) is 2.40. The molecule has 19 heavy (non-hydrogen) atoms. The Balaban J connectivity index is 2.58. The van der Waals surface area contributed by atoms with E-state index in [1.54, 1.807) is 14.2 Å². The maximum absolute atomic E-state index is 12.0. The molecule has 0 heterocycles. The number of methoxy groups -OCH3 is 2. The molecule has 0 aromatic heterocycles. The number of halogens is 1. The fourth-order valence-corrected chi connectivity index (χ4v) is 2.09. The van der Waals surface area contributed by atoms with Crippen molar-refractivity contribution >= 4 is 17.5 Å². The van der Waals surface area contributed by atoms with E-state index in [0.29, 0.717) is 18.9 Å². The van der Waals surface area contributed by atoms with Crippen molar-refractivity contribution in [2.45, 2.75) is 18.9 Å². The molecule has 1 rings (SSSR count). The summed E-state index contributed by atoms with van der Waals surface area (Å²) in [7, 11) is 3.20. The number of nitrogens with one attached hydrogen (secondary N) is 1. The minimum Gasteiger partial charge on any atom is -0.496 e. The lowest BCUT2D eigenvalue weighted by Crippen LogP contribution is -2.39. The minimum absolute atomic E-state index is 0.0512. The summed E-state index contributed by atoms with van der Waals surface area (Å²) in [6, 6.07) is 7.43. The van der Waals surface area contributed by atoms with Crippen LogP contribution in [0.25, 0.3) is 0 Å². The van der Waals surface area contributed by atoms with Gasteiger partial charge in [-0.05, 0) is 12.5 Å². The van der Waals surface area contributed by atoms with Crippen LogP contribution in [-0.2, 0) is 16.0 Å². The monoisotopic (exact) mass is 285 g/mol. The third-order valence-electron chi connectivity index (χ3n) is 2.73. The number of benzene rings is 1. The van der Waals surface area contributed by atoms with Crippen molar-refractivity contribution in [3.05, 3.63) is 29.8 Å². The Bertz CT molecular complexity index is 392. The van der Waals surface area contributed by atoms with Crippen LogP contribution in [0.3, 0.4) is 0 Å². The molecular weight excluding hydrogens is 266 g/mol. The lowest BCUT2D eigenvalue weighted by molar-refractivity contribution is -0.121. The molecule has 0 saturated carbocycles. The summed E-state index contributed by atoms with van der Waals surface area (Å²) in [4.78, 5) is 12.0. The van der Waals surface area contributed by atoms with Crippen LogP contribution < -0.4 is 10.1 Å². The summed E-state index contributed by atoms with van der Waals surface area (Å²) < 4.78 is 10.3. The Morgan fingerprint density at radius 1 is 1.37 bits per heavy atom. The zero-order valence-corrected chi connectivity index (χ0v) is 12.1. The van der Waals surface area contributed by atoms with E-state index in [1.807, 2.05) is 24.3 Å². The van der Waals surface area contributed by atoms with Gasteiger partial charge in [-0.15, -0.1) is 11.6 Å². The molecule has 1 aromatic rings. The highest BCUT2D eigenvalue weighted by atomic mass is 35.5. The Morgan fingerprint density at radius 2 is 2.11 bits per heavy atom. The maximum atomic E-state index is 12.0. The standard InChI is InChI=1S/C14H20ClNO3/c1-18-10-12(7-8-15)16-14(17)9-11-5-3-4-6-13(11)19-2/h3-6,12H,7-10H2,1-2H3,(H,16,17). The maximum Gasteiger partial charge on any atom is 0.224 e. The third kappa shape index (κ3) is 5.49. The van der Waals surface area contributed by atoms with Gasteiger partial charge in [0.1, 0.15) is 5.75 Å². The summed E-state index contributed by atoms with van der Waals surface area (Å²) in [6.07, 6.45) is 0.972. The predicted octanol–water partition coefficient (Wildman–Crippen LogP) is 2.00. The summed E-state index contributed by atoms with van der Waals surface area (Å²) in [5.74, 6) is 1.15. The minimum atomic E-state index is -0.0586. The van der Waals surface area contributed by atoms with Crippen LogP contribution in [0.2, 0.25) is 0 Å². The number of para-hydroxylation sites is 1. The number of rotatable bonds is 8. The van der Waals surface area contributed by atoms with Gasteiger partial charge in [0.25, 0.3) is 0 Å². The van der Waals surface area contributed by atoms with Crippen LogP contribution in [0.15, 0.2) is 24.3 Å². The SMILES string of the molecule is COCC(CCCl)NC(=O)Cc1ccccc1OC. The van der Waals surface area contributed by atoms with Crippen LogP contribution in [-0.4, -0.2) is 38.7 Å². The van der Waals surface area contributed by atoms with Crippen LogP contribution >= 0.6 is 11.6 Å². The molecule has 0 radical (unpaired) electrons. The van der Waals surface area contributed by atoms with E-state index < -0.39 is 0 Å². The van der Waals surface area contributed by atoms with Gasteiger partial charge in [-0.3, -0.25) is 4.79 Å². The van der Waals surface area contributed by atoms with Gasteiger partial charge in [0.2, 0.25) is 5.91 Å². The van der Waals surface area contributed by atoms with Gasteiger partial charge >= 0.3 is 0 Å². The highest BCUT2D eigenvalue weighted by Gasteiger charge is 2.13. The lowest BCUT2D eigenvalue weighted by Gasteiger charge is -2.17. The number of hydrogen-bond donors (Lipinski definition) is 1. The molecular formula is C14H20ClNO3. The number of alkyl halides is 1. The van der Waals surface area contributed by atoms with Gasteiger partial charge in [-0.25, -0.2) is 0 Å². The van der Waals surface area contributed by atoms with E-state index in [2.05, 4.69) is 5.32 Å². The number of amides is 1. The first-order chi connectivity index (χ1) is 9.21. The smallest absolute Gasteiger partial charge is 0.224 e. The highest BCUT2D eigenvalue weighted by molar-refractivity contribution is 6.17. The Morgan fingerprint density at radius 3 is 2.74 bits per heavy atom. The predicted molar refractivity (Wildman–Crippen MR) is 75.8 cm³/mol. The highest BCUT2D eigenvalue weighted by Crippen LogP contribution is 2.17. The number of hydrogen-bond acceptors (Lipinski definition) is 3. The topological polar surface area (TPSA) is 47.6 Å². The molecule has 5 heteroatoms. The molecule has 1 atom stereocenters. The van der Waals surface area contributed by atoms with E-state index >= 15 is 0 Å². The van der Waals surface area contributed by atoms with Crippen molar-refractivity contribution in [3.63, 3.8) is 0 Å². The fraction of sp³-hybridized carbons (Fsp3) is 0.500. The summed E-state index contributed by atoms with van der Waals surface area (Å²) in [5, 5.41) is 2.91. The van der Waals surface area contributed by atoms with E-state index in [4.69, 9.17) is 21.1 Å². The van der Waals surface area contributed by atoms with Crippen LogP contribution in [0.5, 0.6) is 5.75 Å². The van der Waals surface area contributed by atoms with Gasteiger partial charge in [-0.2, -0.15) is 0 Å². The molecule has 0 spiro atoms. The Labute approximate surface area is 119 Å². The first kappa shape index (κ1) is 15.8. The van der Waals surface area contributed by atoms with Crippen LogP contribution in [0.4, 0.5) is 0 Å². The van der Waals surface area contributed by atoms with Crippen molar-refractivity contribution in [1.82, 2.24) is 5.32 Å². The molecule has 1 N–H and O–H groups in total. The molecule has 1 amide bonds. The molecule has 1 unspecified atom stereocenters. The number of carbonyl (C=O) groups is 1. The third-order valence-corrected chi connectivity index (χ3v) is 2.95. The summed E-state index contributed by atoms with van der Waals surface area (Å²) in [5.41, 5.74) is 0.865. The molecule has 0 fully saturated rings. The average molecular weight is 286 g/mol. The second-order valence-corrected chi connectivity index (χ2v) is 4.56. The molecule has 0 aliphatic carbocycles. The van der Waals surface area contributed by atoms with Gasteiger partial charge in [0.05, 0.1) is 26.2 Å². The van der Waals surface area contributed by atoms with Crippen molar-refractivity contribution in [2.75, 3.05) is 26.7 Å². The molecule has 0 aliphatic rings. The Kier molecular flexibility index (Phi) is 7.30. The molecule has 4 nitrogen and oxygen atoms in total. The molecule has 0 bridgehead atoms. The number of ether oxygens (including phenoxy) is 2. The summed E-state index contributed by atoms with van der Waals surface area (Å²) in [6.45, 7) is 0.463. The molecule has 0 saturated heterocycles. The van der Waals surface area contributed by atoms with E-state index in [0.717, 1.165) is 11.3 Å². The fourth-order valence-electron chi connectivity index (χ4n) is 1.83. The first-order valence-corrected chi connectivity index (χ1v) is 6.70. The van der Waals surface area contributed by atoms with Gasteiger partial charge in [0.15, 0.2) is 0 Å². The van der Waals surface area contributed by atoms with E-state index in [-0.39, 0.29) is 18.4 Å². The van der Waals surface area contributed by atoms with Gasteiger partial charge in [0, 0.05) is 18.6 Å². The van der Waals surface area contributed by atoms with E-state index in [1.165, 1.54) is 0 Å². The zero-order chi connectivity index (χ0) is 14.1. The quantitative estimate of drug-likeness (QED) is 0.743. The van der Waals surface area contributed by atoms with Crippen molar-refractivity contribution < 1.29 is 14.3 Å². The zero-order valence-electron chi connectivity index (χ0n) is 11.3. The lowest BCUT2D eigenvalue weighted by atomic mass is 10.1. The normalized spacial score (nSPS) is 11.9. The second-order valence-electron chi connectivity index (χ2n) is 4.19. The van der Waals surface area contributed by atoms with Crippen molar-refractivity contribution in [1.29, 1.82) is 0 Å². The largest absolute Gasteiger partial charge is 0.496 e. The molecule has 1 aromatic carbocycles. The molecule has 0 aliphatic heterocycles. The summed E-state index contributed by atoms with van der Waals surface area (Å²) >= 11 is 5.70. The van der Waals surface area contributed by atoms with Crippen molar-refractivity contribution in [3.8, 4) is 5.75 Å². The van der Waals surface area contributed by atoms with Crippen molar-refractivity contribution in [2.24, 2.45) is 0 Å². The van der Waals surface area contributed by atoms with Gasteiger partial charge < -0.3 is 14.8 Å². The first-order valence-electron chi connectivity index (χ1n) is 6.17. The van der Waals surface area contributed by atoms with Gasteiger partial charge in [-0.1, -0.05) is 18.2 Å². The van der Waals surface area contributed by atoms with E-state index in [9.17, 15) is 4.79 Å². The second kappa shape index (κ2) is 8.77. The van der Waals surface area contributed by atoms with Crippen LogP contribution in [0.1, 0.15) is 12.0 Å². The molecule has 106 valence electrons. The van der Waals surface area contributed by atoms with Crippen LogP contribution in [0, 0.1) is 0 Å².